The van der Waals surface area contributed by atoms with Crippen molar-refractivity contribution < 1.29 is 4.79 Å². The summed E-state index contributed by atoms with van der Waals surface area (Å²) < 4.78 is 0. The molecular formula is C15H21NOS. The maximum atomic E-state index is 11.6. The van der Waals surface area contributed by atoms with E-state index in [1.807, 2.05) is 36.9 Å². The van der Waals surface area contributed by atoms with Gasteiger partial charge in [-0.15, -0.1) is 0 Å². The number of nitrogens with zero attached hydrogens (tertiary/aromatic N) is 1. The Morgan fingerprint density at radius 1 is 1.44 bits per heavy atom. The lowest BCUT2D eigenvalue weighted by atomic mass is 9.83. The van der Waals surface area contributed by atoms with Crippen molar-refractivity contribution in [1.82, 2.24) is 4.90 Å². The number of carbonyl (C=O) groups is 1. The van der Waals surface area contributed by atoms with Gasteiger partial charge in [-0.05, 0) is 19.4 Å². The second kappa shape index (κ2) is 5.89. The molecule has 0 spiro atoms. The van der Waals surface area contributed by atoms with Crippen LogP contribution in [0.25, 0.3) is 0 Å². The zero-order valence-corrected chi connectivity index (χ0v) is 12.0. The molecule has 1 aromatic rings. The van der Waals surface area contributed by atoms with Gasteiger partial charge in [-0.1, -0.05) is 30.3 Å². The molecule has 2 atom stereocenters. The SMILES string of the molecule is CC1CSCCN1CC(C)(C=O)c1ccccc1. The summed E-state index contributed by atoms with van der Waals surface area (Å²) in [7, 11) is 0. The molecule has 0 amide bonds. The average molecular weight is 263 g/mol. The largest absolute Gasteiger partial charge is 0.302 e. The number of hydrogen-bond acceptors (Lipinski definition) is 3. The zero-order chi connectivity index (χ0) is 13.0. The first-order valence-corrected chi connectivity index (χ1v) is 7.65. The summed E-state index contributed by atoms with van der Waals surface area (Å²) in [6.45, 7) is 6.20. The van der Waals surface area contributed by atoms with Gasteiger partial charge in [-0.3, -0.25) is 4.90 Å². The van der Waals surface area contributed by atoms with Crippen molar-refractivity contribution in [2.24, 2.45) is 0 Å². The Labute approximate surface area is 114 Å². The van der Waals surface area contributed by atoms with E-state index < -0.39 is 5.41 Å². The number of aldehydes is 1. The smallest absolute Gasteiger partial charge is 0.131 e. The first-order chi connectivity index (χ1) is 8.65. The fraction of sp³-hybridized carbons (Fsp3) is 0.533. The second-order valence-electron chi connectivity index (χ2n) is 5.30. The van der Waals surface area contributed by atoms with Gasteiger partial charge in [-0.25, -0.2) is 0 Å². The fourth-order valence-corrected chi connectivity index (χ4v) is 3.52. The van der Waals surface area contributed by atoms with Crippen LogP contribution in [0.1, 0.15) is 19.4 Å². The molecule has 18 heavy (non-hydrogen) atoms. The molecule has 2 rings (SSSR count). The molecule has 1 aliphatic rings. The molecule has 0 aromatic heterocycles. The first kappa shape index (κ1) is 13.6. The van der Waals surface area contributed by atoms with Crippen molar-refractivity contribution in [2.75, 3.05) is 24.6 Å². The predicted molar refractivity (Wildman–Crippen MR) is 78.2 cm³/mol. The van der Waals surface area contributed by atoms with E-state index in [-0.39, 0.29) is 0 Å². The van der Waals surface area contributed by atoms with Crippen LogP contribution >= 0.6 is 11.8 Å². The van der Waals surface area contributed by atoms with Crippen LogP contribution in [0.4, 0.5) is 0 Å². The van der Waals surface area contributed by atoms with Crippen LogP contribution in [0.2, 0.25) is 0 Å². The first-order valence-electron chi connectivity index (χ1n) is 6.49. The lowest BCUT2D eigenvalue weighted by molar-refractivity contribution is -0.112. The monoisotopic (exact) mass is 263 g/mol. The summed E-state index contributed by atoms with van der Waals surface area (Å²) in [5, 5.41) is 0. The van der Waals surface area contributed by atoms with Crippen LogP contribution in [-0.2, 0) is 10.2 Å². The Morgan fingerprint density at radius 2 is 2.17 bits per heavy atom. The maximum Gasteiger partial charge on any atom is 0.131 e. The van der Waals surface area contributed by atoms with Crippen LogP contribution in [0.15, 0.2) is 30.3 Å². The van der Waals surface area contributed by atoms with Crippen molar-refractivity contribution in [2.45, 2.75) is 25.3 Å². The number of thioether (sulfide) groups is 1. The predicted octanol–water partition coefficient (Wildman–Crippen LogP) is 2.58. The Balaban J connectivity index is 2.15. The van der Waals surface area contributed by atoms with Gasteiger partial charge < -0.3 is 4.79 Å². The Bertz CT molecular complexity index is 395. The van der Waals surface area contributed by atoms with Gasteiger partial charge in [-0.2, -0.15) is 11.8 Å². The van der Waals surface area contributed by atoms with E-state index in [9.17, 15) is 4.79 Å². The number of rotatable bonds is 4. The molecule has 1 saturated heterocycles. The van der Waals surface area contributed by atoms with Crippen LogP contribution < -0.4 is 0 Å². The van der Waals surface area contributed by atoms with Crippen LogP contribution in [0.5, 0.6) is 0 Å². The van der Waals surface area contributed by atoms with E-state index in [0.717, 1.165) is 24.9 Å². The summed E-state index contributed by atoms with van der Waals surface area (Å²) >= 11 is 2.01. The van der Waals surface area contributed by atoms with Crippen molar-refractivity contribution >= 4 is 18.0 Å². The highest BCUT2D eigenvalue weighted by molar-refractivity contribution is 7.99. The molecule has 1 fully saturated rings. The third kappa shape index (κ3) is 2.96. The molecule has 1 aromatic carbocycles. The summed E-state index contributed by atoms with van der Waals surface area (Å²) in [5.41, 5.74) is 0.725. The summed E-state index contributed by atoms with van der Waals surface area (Å²) in [4.78, 5) is 14.0. The van der Waals surface area contributed by atoms with Crippen molar-refractivity contribution in [1.29, 1.82) is 0 Å². The van der Waals surface area contributed by atoms with E-state index in [4.69, 9.17) is 0 Å². The quantitative estimate of drug-likeness (QED) is 0.779. The highest BCUT2D eigenvalue weighted by Crippen LogP contribution is 2.26. The lowest BCUT2D eigenvalue weighted by Gasteiger charge is -2.38. The minimum atomic E-state index is -0.391. The zero-order valence-electron chi connectivity index (χ0n) is 11.1. The van der Waals surface area contributed by atoms with Crippen molar-refractivity contribution in [3.63, 3.8) is 0 Å². The molecule has 2 unspecified atom stereocenters. The fourth-order valence-electron chi connectivity index (χ4n) is 2.43. The molecule has 3 heteroatoms. The molecular weight excluding hydrogens is 242 g/mol. The topological polar surface area (TPSA) is 20.3 Å². The number of carbonyl (C=O) groups excluding carboxylic acids is 1. The van der Waals surface area contributed by atoms with Gasteiger partial charge in [0.2, 0.25) is 0 Å². The van der Waals surface area contributed by atoms with Crippen molar-refractivity contribution in [3.8, 4) is 0 Å². The number of benzene rings is 1. The Morgan fingerprint density at radius 3 is 2.78 bits per heavy atom. The van der Waals surface area contributed by atoms with E-state index in [1.165, 1.54) is 11.5 Å². The highest BCUT2D eigenvalue weighted by Gasteiger charge is 2.31. The molecule has 0 radical (unpaired) electrons. The average Bonchev–Trinajstić information content (AvgIpc) is 2.42. The second-order valence-corrected chi connectivity index (χ2v) is 6.45. The normalized spacial score (nSPS) is 24.4. The lowest BCUT2D eigenvalue weighted by Crippen LogP contribution is -2.48. The summed E-state index contributed by atoms with van der Waals surface area (Å²) in [5.74, 6) is 2.35. The molecule has 2 nitrogen and oxygen atoms in total. The minimum absolute atomic E-state index is 0.391. The van der Waals surface area contributed by atoms with Gasteiger partial charge in [0.1, 0.15) is 6.29 Å². The molecule has 98 valence electrons. The van der Waals surface area contributed by atoms with E-state index in [0.29, 0.717) is 6.04 Å². The Kier molecular flexibility index (Phi) is 4.46. The maximum absolute atomic E-state index is 11.6. The van der Waals surface area contributed by atoms with Gasteiger partial charge in [0.05, 0.1) is 5.41 Å². The molecule has 0 saturated carbocycles. The molecule has 0 bridgehead atoms. The standard InChI is InChI=1S/C15H21NOS/c1-13-10-18-9-8-16(13)11-15(2,12-17)14-6-4-3-5-7-14/h3-7,12-13H,8-11H2,1-2H3. The Hall–Kier alpha value is -0.800. The molecule has 1 heterocycles. The van der Waals surface area contributed by atoms with Gasteiger partial charge in [0.15, 0.2) is 0 Å². The van der Waals surface area contributed by atoms with E-state index in [2.05, 4.69) is 24.0 Å². The summed E-state index contributed by atoms with van der Waals surface area (Å²) in [6, 6.07) is 10.7. The van der Waals surface area contributed by atoms with Gasteiger partial charge in [0.25, 0.3) is 0 Å². The van der Waals surface area contributed by atoms with Crippen LogP contribution in [0.3, 0.4) is 0 Å². The van der Waals surface area contributed by atoms with E-state index >= 15 is 0 Å². The summed E-state index contributed by atoms with van der Waals surface area (Å²) in [6.07, 6.45) is 1.11. The molecule has 1 aliphatic heterocycles. The van der Waals surface area contributed by atoms with Gasteiger partial charge in [0, 0.05) is 30.6 Å². The van der Waals surface area contributed by atoms with Crippen molar-refractivity contribution in [3.05, 3.63) is 35.9 Å². The van der Waals surface area contributed by atoms with Crippen LogP contribution in [0, 0.1) is 0 Å². The minimum Gasteiger partial charge on any atom is -0.302 e. The van der Waals surface area contributed by atoms with Gasteiger partial charge >= 0.3 is 0 Å². The number of hydrogen-bond donors (Lipinski definition) is 0. The molecule has 0 aliphatic carbocycles. The van der Waals surface area contributed by atoms with E-state index in [1.54, 1.807) is 0 Å². The van der Waals surface area contributed by atoms with Crippen LogP contribution in [-0.4, -0.2) is 41.8 Å². The molecule has 0 N–H and O–H groups in total. The highest BCUT2D eigenvalue weighted by atomic mass is 32.2. The third-order valence-corrected chi connectivity index (χ3v) is 4.92. The third-order valence-electron chi connectivity index (χ3n) is 3.73.